The fraction of sp³-hybridized carbons (Fsp3) is 0.469. The Labute approximate surface area is 216 Å². The summed E-state index contributed by atoms with van der Waals surface area (Å²) in [6.07, 6.45) is 8.68. The van der Waals surface area contributed by atoms with E-state index in [4.69, 9.17) is 0 Å². The molecule has 4 heteroatoms. The van der Waals surface area contributed by atoms with E-state index in [-0.39, 0.29) is 17.1 Å². The molecule has 192 valence electrons. The second-order valence-electron chi connectivity index (χ2n) is 11.4. The Kier molecular flexibility index (Phi) is 8.29. The van der Waals surface area contributed by atoms with Crippen LogP contribution in [-0.4, -0.2) is 40.5 Å². The first kappa shape index (κ1) is 26.5. The van der Waals surface area contributed by atoms with Crippen molar-refractivity contribution in [2.24, 2.45) is 5.92 Å². The van der Waals surface area contributed by atoms with Crippen LogP contribution in [0.2, 0.25) is 0 Å². The van der Waals surface area contributed by atoms with Crippen LogP contribution in [0.3, 0.4) is 0 Å². The smallest absolute Gasteiger partial charge is 0.159 e. The first-order valence-electron chi connectivity index (χ1n) is 13.4. The number of benzene rings is 2. The number of rotatable bonds is 8. The van der Waals surface area contributed by atoms with Gasteiger partial charge in [0.2, 0.25) is 0 Å². The normalized spacial score (nSPS) is 20.1. The molecule has 0 amide bonds. The van der Waals surface area contributed by atoms with Crippen molar-refractivity contribution in [2.75, 3.05) is 19.6 Å². The average molecular weight is 488 g/mol. The zero-order chi connectivity index (χ0) is 25.8. The lowest BCUT2D eigenvalue weighted by Gasteiger charge is -2.43. The number of piperidine rings is 1. The Morgan fingerprint density at radius 3 is 2.19 bits per heavy atom. The highest BCUT2D eigenvalue weighted by atomic mass is 16.3. The van der Waals surface area contributed by atoms with Gasteiger partial charge in [0, 0.05) is 6.42 Å². The predicted molar refractivity (Wildman–Crippen MR) is 146 cm³/mol. The Hall–Kier alpha value is -2.53. The summed E-state index contributed by atoms with van der Waals surface area (Å²) in [7, 11) is 0. The van der Waals surface area contributed by atoms with E-state index in [1.54, 1.807) is 12.2 Å². The van der Waals surface area contributed by atoms with E-state index in [1.165, 1.54) is 5.56 Å². The quantitative estimate of drug-likeness (QED) is 0.490. The van der Waals surface area contributed by atoms with Gasteiger partial charge in [0.05, 0.1) is 6.10 Å². The van der Waals surface area contributed by atoms with Gasteiger partial charge in [-0.25, -0.2) is 0 Å². The minimum Gasteiger partial charge on any atom is -0.388 e. The third-order valence-corrected chi connectivity index (χ3v) is 7.92. The summed E-state index contributed by atoms with van der Waals surface area (Å²) >= 11 is 0. The molecule has 2 unspecified atom stereocenters. The maximum atomic E-state index is 12.1. The van der Waals surface area contributed by atoms with Crippen molar-refractivity contribution in [1.82, 2.24) is 4.90 Å². The standard InChI is InChI=1S/C32H41NO3/c1-31(2,3)25-13-11-24(12-14-25)30(35)10-7-21-33-22-19-28(20-23-33)32(36,26-8-5-4-6-9-26)27-15-17-29(34)18-16-27/h4-6,8-9,11-17,28,30,35-36H,7,10,18-23H2,1-3H3. The number of aliphatic hydroxyl groups is 2. The SMILES string of the molecule is CC(C)(C)c1ccc(C(O)CCCN2CCC(C(O)(C3=CCC(=O)C=C3)c3ccccc3)CC2)cc1. The Bertz CT molecular complexity index is 1070. The van der Waals surface area contributed by atoms with Gasteiger partial charge in [0.1, 0.15) is 5.60 Å². The van der Waals surface area contributed by atoms with Crippen LogP contribution in [0.1, 0.15) is 75.7 Å². The van der Waals surface area contributed by atoms with Crippen molar-refractivity contribution >= 4 is 5.78 Å². The molecule has 1 saturated heterocycles. The average Bonchev–Trinajstić information content (AvgIpc) is 2.89. The number of hydrogen-bond donors (Lipinski definition) is 2. The lowest BCUT2D eigenvalue weighted by molar-refractivity contribution is -0.114. The molecule has 36 heavy (non-hydrogen) atoms. The van der Waals surface area contributed by atoms with E-state index in [0.29, 0.717) is 6.42 Å². The number of nitrogens with zero attached hydrogens (tertiary/aromatic N) is 1. The zero-order valence-electron chi connectivity index (χ0n) is 22.0. The molecule has 1 fully saturated rings. The van der Waals surface area contributed by atoms with Gasteiger partial charge in [0.15, 0.2) is 5.78 Å². The highest BCUT2D eigenvalue weighted by Gasteiger charge is 2.42. The van der Waals surface area contributed by atoms with E-state index in [0.717, 1.165) is 62.0 Å². The second-order valence-corrected chi connectivity index (χ2v) is 11.4. The summed E-state index contributed by atoms with van der Waals surface area (Å²) in [5, 5.41) is 22.8. The Balaban J connectivity index is 1.32. The van der Waals surface area contributed by atoms with Crippen LogP contribution < -0.4 is 0 Å². The predicted octanol–water partition coefficient (Wildman–Crippen LogP) is 5.85. The number of carbonyl (C=O) groups is 1. The highest BCUT2D eigenvalue weighted by molar-refractivity contribution is 5.92. The Morgan fingerprint density at radius 2 is 1.61 bits per heavy atom. The number of likely N-dealkylation sites (tertiary alicyclic amines) is 1. The van der Waals surface area contributed by atoms with Crippen molar-refractivity contribution in [2.45, 2.75) is 70.0 Å². The monoisotopic (exact) mass is 487 g/mol. The fourth-order valence-electron chi connectivity index (χ4n) is 5.60. The molecule has 1 aliphatic carbocycles. The molecule has 0 radical (unpaired) electrons. The summed E-state index contributed by atoms with van der Waals surface area (Å²) in [5.41, 5.74) is 3.04. The molecule has 2 aliphatic rings. The first-order valence-corrected chi connectivity index (χ1v) is 13.4. The van der Waals surface area contributed by atoms with Gasteiger partial charge in [-0.3, -0.25) is 4.79 Å². The van der Waals surface area contributed by atoms with E-state index in [1.807, 2.05) is 36.4 Å². The van der Waals surface area contributed by atoms with Crippen molar-refractivity contribution in [3.63, 3.8) is 0 Å². The lowest BCUT2D eigenvalue weighted by Crippen LogP contribution is -2.45. The van der Waals surface area contributed by atoms with Gasteiger partial charge in [-0.1, -0.05) is 87.5 Å². The van der Waals surface area contributed by atoms with Gasteiger partial charge < -0.3 is 15.1 Å². The van der Waals surface area contributed by atoms with E-state index < -0.39 is 11.7 Å². The van der Waals surface area contributed by atoms with E-state index in [9.17, 15) is 15.0 Å². The molecular formula is C32H41NO3. The molecule has 2 aromatic carbocycles. The molecule has 1 aliphatic heterocycles. The minimum absolute atomic E-state index is 0.0799. The van der Waals surface area contributed by atoms with Crippen LogP contribution in [0.25, 0.3) is 0 Å². The first-order chi connectivity index (χ1) is 17.2. The van der Waals surface area contributed by atoms with Gasteiger partial charge in [-0.2, -0.15) is 0 Å². The van der Waals surface area contributed by atoms with Crippen LogP contribution in [0.4, 0.5) is 0 Å². The van der Waals surface area contributed by atoms with Crippen LogP contribution in [0.15, 0.2) is 78.4 Å². The van der Waals surface area contributed by atoms with Crippen LogP contribution in [0.5, 0.6) is 0 Å². The third kappa shape index (κ3) is 6.05. The summed E-state index contributed by atoms with van der Waals surface area (Å²) < 4.78 is 0. The number of hydrogen-bond acceptors (Lipinski definition) is 4. The molecule has 0 bridgehead atoms. The molecule has 4 rings (SSSR count). The maximum Gasteiger partial charge on any atom is 0.159 e. The van der Waals surface area contributed by atoms with E-state index >= 15 is 0 Å². The fourth-order valence-corrected chi connectivity index (χ4v) is 5.60. The summed E-state index contributed by atoms with van der Waals surface area (Å²) in [6, 6.07) is 18.3. The maximum absolute atomic E-state index is 12.1. The Morgan fingerprint density at radius 1 is 0.944 bits per heavy atom. The van der Waals surface area contributed by atoms with Crippen molar-refractivity contribution < 1.29 is 15.0 Å². The topological polar surface area (TPSA) is 60.8 Å². The third-order valence-electron chi connectivity index (χ3n) is 7.92. The lowest BCUT2D eigenvalue weighted by atomic mass is 9.70. The van der Waals surface area contributed by atoms with Crippen molar-refractivity contribution in [3.8, 4) is 0 Å². The summed E-state index contributed by atoms with van der Waals surface area (Å²) in [6.45, 7) is 9.40. The molecule has 4 nitrogen and oxygen atoms in total. The van der Waals surface area contributed by atoms with Gasteiger partial charge in [-0.15, -0.1) is 0 Å². The van der Waals surface area contributed by atoms with Crippen LogP contribution in [0, 0.1) is 5.92 Å². The second kappa shape index (κ2) is 11.2. The molecule has 2 atom stereocenters. The number of aliphatic hydroxyl groups excluding tert-OH is 1. The number of carbonyl (C=O) groups excluding carboxylic acids is 1. The van der Waals surface area contributed by atoms with Gasteiger partial charge in [-0.05, 0) is 85.0 Å². The molecule has 1 heterocycles. The molecule has 2 N–H and O–H groups in total. The van der Waals surface area contributed by atoms with Crippen molar-refractivity contribution in [1.29, 1.82) is 0 Å². The molecule has 2 aromatic rings. The molecule has 0 saturated carbocycles. The van der Waals surface area contributed by atoms with E-state index in [2.05, 4.69) is 49.9 Å². The van der Waals surface area contributed by atoms with Crippen LogP contribution in [-0.2, 0) is 15.8 Å². The zero-order valence-corrected chi connectivity index (χ0v) is 22.0. The summed E-state index contributed by atoms with van der Waals surface area (Å²) in [5.74, 6) is 0.170. The molecule has 0 spiro atoms. The van der Waals surface area contributed by atoms with Gasteiger partial charge in [0.25, 0.3) is 0 Å². The highest BCUT2D eigenvalue weighted by Crippen LogP contribution is 2.43. The number of ketones is 1. The van der Waals surface area contributed by atoms with Gasteiger partial charge >= 0.3 is 0 Å². The largest absolute Gasteiger partial charge is 0.388 e. The molecular weight excluding hydrogens is 446 g/mol. The molecule has 0 aromatic heterocycles. The summed E-state index contributed by atoms with van der Waals surface area (Å²) in [4.78, 5) is 14.2. The van der Waals surface area contributed by atoms with Crippen LogP contribution >= 0.6 is 0 Å². The minimum atomic E-state index is -1.08. The van der Waals surface area contributed by atoms with Crippen molar-refractivity contribution in [3.05, 3.63) is 95.1 Å². The number of allylic oxidation sites excluding steroid dienone is 2.